The Labute approximate surface area is 152 Å². The molecule has 0 unspecified atom stereocenters. The maximum absolute atomic E-state index is 14.2. The fourth-order valence-corrected chi connectivity index (χ4v) is 3.58. The maximum atomic E-state index is 14.2. The second kappa shape index (κ2) is 7.02. The fraction of sp³-hybridized carbons (Fsp3) is 0.318. The number of rotatable bonds is 5. The molecule has 4 heteroatoms. The Hall–Kier alpha value is -2.49. The average molecular weight is 353 g/mol. The van der Waals surface area contributed by atoms with Crippen LogP contribution in [0.1, 0.15) is 42.9 Å². The Kier molecular flexibility index (Phi) is 4.58. The molecule has 0 N–H and O–H groups in total. The molecule has 2 aromatic carbocycles. The predicted octanol–water partition coefficient (Wildman–Crippen LogP) is 5.12. The number of halogens is 2. The largest absolute Gasteiger partial charge is 0.328 e. The Bertz CT molecular complexity index is 842. The van der Waals surface area contributed by atoms with Gasteiger partial charge in [0.2, 0.25) is 5.91 Å². The lowest BCUT2D eigenvalue weighted by Gasteiger charge is -2.25. The van der Waals surface area contributed by atoms with Gasteiger partial charge in [0.1, 0.15) is 11.6 Å². The third-order valence-electron chi connectivity index (χ3n) is 5.23. The molecule has 2 nitrogen and oxygen atoms in total. The number of nitrogens with zero attached hydrogens (tertiary/aromatic N) is 1. The van der Waals surface area contributed by atoms with Crippen LogP contribution in [0.15, 0.2) is 54.6 Å². The van der Waals surface area contributed by atoms with Gasteiger partial charge in [0.25, 0.3) is 0 Å². The van der Waals surface area contributed by atoms with Gasteiger partial charge in [-0.2, -0.15) is 0 Å². The molecule has 2 aromatic rings. The summed E-state index contributed by atoms with van der Waals surface area (Å²) in [6.45, 7) is 0.309. The van der Waals surface area contributed by atoms with Crippen LogP contribution < -0.4 is 0 Å². The molecule has 1 saturated carbocycles. The molecule has 26 heavy (non-hydrogen) atoms. The number of amides is 1. The SMILES string of the molecule is O=C(CCC1CC1)N1CC(c2cc(F)ccc2F)=C[C@H]1c1ccccc1. The van der Waals surface area contributed by atoms with E-state index in [9.17, 15) is 13.6 Å². The number of hydrogen-bond donors (Lipinski definition) is 0. The van der Waals surface area contributed by atoms with Crippen molar-refractivity contribution in [3.63, 3.8) is 0 Å². The van der Waals surface area contributed by atoms with Crippen molar-refractivity contribution in [2.24, 2.45) is 5.92 Å². The van der Waals surface area contributed by atoms with Crippen LogP contribution in [-0.2, 0) is 4.79 Å². The zero-order chi connectivity index (χ0) is 18.1. The van der Waals surface area contributed by atoms with E-state index in [0.29, 0.717) is 24.5 Å². The molecule has 0 radical (unpaired) electrons. The summed E-state index contributed by atoms with van der Waals surface area (Å²) in [7, 11) is 0. The second-order valence-corrected chi connectivity index (χ2v) is 7.18. The van der Waals surface area contributed by atoms with E-state index in [0.717, 1.165) is 24.1 Å². The summed E-state index contributed by atoms with van der Waals surface area (Å²) in [6.07, 6.45) is 5.75. The Morgan fingerprint density at radius 1 is 1.08 bits per heavy atom. The summed E-state index contributed by atoms with van der Waals surface area (Å²) in [6, 6.07) is 12.9. The van der Waals surface area contributed by atoms with Crippen LogP contribution >= 0.6 is 0 Å². The summed E-state index contributed by atoms with van der Waals surface area (Å²) in [5.41, 5.74) is 1.89. The molecule has 0 aromatic heterocycles. The lowest BCUT2D eigenvalue weighted by molar-refractivity contribution is -0.131. The van der Waals surface area contributed by atoms with Gasteiger partial charge in [-0.05, 0) is 41.7 Å². The zero-order valence-corrected chi connectivity index (χ0v) is 14.5. The van der Waals surface area contributed by atoms with Gasteiger partial charge in [0.15, 0.2) is 0 Å². The lowest BCUT2D eigenvalue weighted by Crippen LogP contribution is -2.31. The van der Waals surface area contributed by atoms with E-state index in [-0.39, 0.29) is 17.5 Å². The number of benzene rings is 2. The molecule has 1 aliphatic carbocycles. The molecule has 2 aliphatic rings. The number of carbonyl (C=O) groups is 1. The first-order valence-electron chi connectivity index (χ1n) is 9.12. The van der Waals surface area contributed by atoms with Crippen molar-refractivity contribution in [2.75, 3.05) is 6.54 Å². The van der Waals surface area contributed by atoms with Gasteiger partial charge in [-0.15, -0.1) is 0 Å². The van der Waals surface area contributed by atoms with E-state index < -0.39 is 11.6 Å². The van der Waals surface area contributed by atoms with Crippen LogP contribution in [0, 0.1) is 17.6 Å². The van der Waals surface area contributed by atoms with Crippen molar-refractivity contribution in [1.29, 1.82) is 0 Å². The van der Waals surface area contributed by atoms with E-state index in [1.807, 2.05) is 36.4 Å². The monoisotopic (exact) mass is 353 g/mol. The van der Waals surface area contributed by atoms with Crippen molar-refractivity contribution in [2.45, 2.75) is 31.7 Å². The van der Waals surface area contributed by atoms with Gasteiger partial charge in [0.05, 0.1) is 6.04 Å². The predicted molar refractivity (Wildman–Crippen MR) is 97.2 cm³/mol. The number of carbonyl (C=O) groups excluding carboxylic acids is 1. The van der Waals surface area contributed by atoms with Gasteiger partial charge in [-0.1, -0.05) is 49.2 Å². The molecular weight excluding hydrogens is 332 g/mol. The van der Waals surface area contributed by atoms with E-state index in [2.05, 4.69) is 0 Å². The second-order valence-electron chi connectivity index (χ2n) is 7.18. The molecule has 4 rings (SSSR count). The minimum atomic E-state index is -0.475. The van der Waals surface area contributed by atoms with Crippen molar-refractivity contribution in [3.05, 3.63) is 77.4 Å². The van der Waals surface area contributed by atoms with Crippen molar-refractivity contribution >= 4 is 11.5 Å². The summed E-state index contributed by atoms with van der Waals surface area (Å²) in [4.78, 5) is 14.6. The Balaban J connectivity index is 1.63. The zero-order valence-electron chi connectivity index (χ0n) is 14.5. The van der Waals surface area contributed by atoms with Crippen LogP contribution in [-0.4, -0.2) is 17.4 Å². The van der Waals surface area contributed by atoms with Crippen molar-refractivity contribution in [1.82, 2.24) is 4.90 Å². The minimum Gasteiger partial charge on any atom is -0.328 e. The highest BCUT2D eigenvalue weighted by molar-refractivity contribution is 5.83. The molecule has 1 amide bonds. The molecule has 1 fully saturated rings. The molecule has 134 valence electrons. The third-order valence-corrected chi connectivity index (χ3v) is 5.23. The molecule has 0 saturated heterocycles. The average Bonchev–Trinajstić information content (AvgIpc) is 3.38. The fourth-order valence-electron chi connectivity index (χ4n) is 3.58. The first-order chi connectivity index (χ1) is 12.6. The minimum absolute atomic E-state index is 0.0776. The van der Waals surface area contributed by atoms with Crippen LogP contribution in [0.2, 0.25) is 0 Å². The van der Waals surface area contributed by atoms with Gasteiger partial charge in [-0.25, -0.2) is 8.78 Å². The van der Waals surface area contributed by atoms with E-state index in [1.165, 1.54) is 18.9 Å². The first kappa shape index (κ1) is 17.0. The van der Waals surface area contributed by atoms with E-state index in [1.54, 1.807) is 4.90 Å². The molecule has 1 heterocycles. The highest BCUT2D eigenvalue weighted by Crippen LogP contribution is 2.38. The quantitative estimate of drug-likeness (QED) is 0.730. The van der Waals surface area contributed by atoms with E-state index >= 15 is 0 Å². The smallest absolute Gasteiger partial charge is 0.223 e. The van der Waals surface area contributed by atoms with Crippen LogP contribution in [0.5, 0.6) is 0 Å². The third kappa shape index (κ3) is 3.55. The topological polar surface area (TPSA) is 20.3 Å². The van der Waals surface area contributed by atoms with Gasteiger partial charge in [0, 0.05) is 18.5 Å². The highest BCUT2D eigenvalue weighted by atomic mass is 19.1. The van der Waals surface area contributed by atoms with Crippen molar-refractivity contribution < 1.29 is 13.6 Å². The highest BCUT2D eigenvalue weighted by Gasteiger charge is 2.32. The summed E-state index contributed by atoms with van der Waals surface area (Å²) in [5, 5.41) is 0. The number of hydrogen-bond acceptors (Lipinski definition) is 1. The van der Waals surface area contributed by atoms with Crippen molar-refractivity contribution in [3.8, 4) is 0 Å². The summed E-state index contributed by atoms with van der Waals surface area (Å²) in [5.74, 6) is -0.174. The van der Waals surface area contributed by atoms with E-state index in [4.69, 9.17) is 0 Å². The van der Waals surface area contributed by atoms with Crippen LogP contribution in [0.4, 0.5) is 8.78 Å². The Morgan fingerprint density at radius 2 is 1.85 bits per heavy atom. The van der Waals surface area contributed by atoms with Gasteiger partial charge in [-0.3, -0.25) is 4.79 Å². The summed E-state index contributed by atoms with van der Waals surface area (Å²) < 4.78 is 27.8. The molecular formula is C22H21F2NO. The standard InChI is InChI=1S/C22H21F2NO/c23-18-9-10-20(24)19(13-18)17-12-21(16-4-2-1-3-5-16)25(14-17)22(26)11-8-15-6-7-15/h1-5,9-10,12-13,15,21H,6-8,11,14H2/t21-/m0/s1. The molecule has 0 spiro atoms. The molecule has 1 atom stereocenters. The maximum Gasteiger partial charge on any atom is 0.223 e. The normalized spacial score (nSPS) is 19.5. The van der Waals surface area contributed by atoms with Crippen LogP contribution in [0.25, 0.3) is 5.57 Å². The molecule has 1 aliphatic heterocycles. The Morgan fingerprint density at radius 3 is 2.58 bits per heavy atom. The van der Waals surface area contributed by atoms with Gasteiger partial charge >= 0.3 is 0 Å². The van der Waals surface area contributed by atoms with Gasteiger partial charge < -0.3 is 4.90 Å². The molecule has 0 bridgehead atoms. The van der Waals surface area contributed by atoms with Crippen LogP contribution in [0.3, 0.4) is 0 Å². The summed E-state index contributed by atoms with van der Waals surface area (Å²) >= 11 is 0. The first-order valence-corrected chi connectivity index (χ1v) is 9.12. The lowest BCUT2D eigenvalue weighted by atomic mass is 10.0.